The van der Waals surface area contributed by atoms with Gasteiger partial charge in [-0.2, -0.15) is 0 Å². The molecular formula is C23H20ClN3O3. The van der Waals surface area contributed by atoms with Gasteiger partial charge in [-0.3, -0.25) is 4.79 Å². The molecule has 0 unspecified atom stereocenters. The fraction of sp³-hybridized carbons (Fsp3) is 0.130. The molecule has 6 nitrogen and oxygen atoms in total. The van der Waals surface area contributed by atoms with Gasteiger partial charge in [-0.15, -0.1) is 0 Å². The van der Waals surface area contributed by atoms with Crippen molar-refractivity contribution in [1.82, 2.24) is 9.97 Å². The van der Waals surface area contributed by atoms with Crippen LogP contribution in [0.2, 0.25) is 5.02 Å². The van der Waals surface area contributed by atoms with Crippen molar-refractivity contribution in [1.29, 1.82) is 0 Å². The second-order valence-corrected chi connectivity index (χ2v) is 7.21. The lowest BCUT2D eigenvalue weighted by Gasteiger charge is -2.10. The lowest BCUT2D eigenvalue weighted by molar-refractivity contribution is 0.102. The van der Waals surface area contributed by atoms with Gasteiger partial charge >= 0.3 is 0 Å². The van der Waals surface area contributed by atoms with E-state index in [4.69, 9.17) is 21.1 Å². The first-order valence-corrected chi connectivity index (χ1v) is 9.66. The van der Waals surface area contributed by atoms with Crippen LogP contribution in [0.25, 0.3) is 22.4 Å². The first-order chi connectivity index (χ1) is 14.5. The number of amides is 1. The van der Waals surface area contributed by atoms with E-state index in [0.29, 0.717) is 27.8 Å². The lowest BCUT2D eigenvalue weighted by atomic mass is 10.1. The summed E-state index contributed by atoms with van der Waals surface area (Å²) in [6.07, 6.45) is 0. The van der Waals surface area contributed by atoms with Crippen LogP contribution in [0.5, 0.6) is 11.5 Å². The Bertz CT molecular complexity index is 1190. The molecule has 0 atom stereocenters. The number of aromatic nitrogens is 2. The SMILES string of the molecule is COc1ccc(C(=O)Nc2ccc(-c3nc4cc(Cl)c(C)cc4[nH]3)cc2)cc1OC. The molecule has 7 heteroatoms. The summed E-state index contributed by atoms with van der Waals surface area (Å²) in [4.78, 5) is 20.5. The van der Waals surface area contributed by atoms with Gasteiger partial charge in [0.2, 0.25) is 0 Å². The molecule has 1 aromatic heterocycles. The number of aromatic amines is 1. The smallest absolute Gasteiger partial charge is 0.255 e. The van der Waals surface area contributed by atoms with E-state index in [1.54, 1.807) is 25.3 Å². The minimum atomic E-state index is -0.238. The minimum Gasteiger partial charge on any atom is -0.493 e. The molecule has 0 saturated carbocycles. The van der Waals surface area contributed by atoms with E-state index in [-0.39, 0.29) is 5.91 Å². The molecule has 0 aliphatic carbocycles. The summed E-state index contributed by atoms with van der Waals surface area (Å²) in [6, 6.07) is 16.3. The summed E-state index contributed by atoms with van der Waals surface area (Å²) in [5, 5.41) is 3.57. The molecule has 1 heterocycles. The number of imidazole rings is 1. The number of anilines is 1. The van der Waals surface area contributed by atoms with Crippen molar-refractivity contribution in [3.63, 3.8) is 0 Å². The monoisotopic (exact) mass is 421 g/mol. The summed E-state index contributed by atoms with van der Waals surface area (Å²) < 4.78 is 10.5. The summed E-state index contributed by atoms with van der Waals surface area (Å²) in [6.45, 7) is 1.96. The van der Waals surface area contributed by atoms with Crippen LogP contribution in [0.3, 0.4) is 0 Å². The van der Waals surface area contributed by atoms with E-state index >= 15 is 0 Å². The van der Waals surface area contributed by atoms with Gasteiger partial charge in [0.05, 0.1) is 25.3 Å². The Morgan fingerprint density at radius 1 is 1.00 bits per heavy atom. The van der Waals surface area contributed by atoms with Crippen LogP contribution in [-0.4, -0.2) is 30.1 Å². The number of nitrogens with zero attached hydrogens (tertiary/aromatic N) is 1. The Labute approximate surface area is 178 Å². The number of H-pyrrole nitrogens is 1. The molecule has 152 valence electrons. The van der Waals surface area contributed by atoms with Crippen molar-refractivity contribution in [2.45, 2.75) is 6.92 Å². The Balaban J connectivity index is 1.53. The molecule has 2 N–H and O–H groups in total. The number of carbonyl (C=O) groups excluding carboxylic acids is 1. The molecule has 0 aliphatic rings. The molecule has 0 fully saturated rings. The van der Waals surface area contributed by atoms with Gasteiger partial charge in [-0.1, -0.05) is 11.6 Å². The third kappa shape index (κ3) is 3.82. The van der Waals surface area contributed by atoms with Gasteiger partial charge in [0.15, 0.2) is 11.5 Å². The fourth-order valence-electron chi connectivity index (χ4n) is 3.17. The fourth-order valence-corrected chi connectivity index (χ4v) is 3.33. The number of benzene rings is 3. The number of hydrogen-bond acceptors (Lipinski definition) is 4. The second-order valence-electron chi connectivity index (χ2n) is 6.81. The number of rotatable bonds is 5. The molecular weight excluding hydrogens is 402 g/mol. The van der Waals surface area contributed by atoms with Gasteiger partial charge in [0.25, 0.3) is 5.91 Å². The van der Waals surface area contributed by atoms with Crippen molar-refractivity contribution < 1.29 is 14.3 Å². The minimum absolute atomic E-state index is 0.238. The molecule has 1 amide bonds. The summed E-state index contributed by atoms with van der Waals surface area (Å²) in [7, 11) is 3.09. The van der Waals surface area contributed by atoms with Gasteiger partial charge in [-0.25, -0.2) is 4.98 Å². The number of carbonyl (C=O) groups is 1. The average molecular weight is 422 g/mol. The maximum atomic E-state index is 12.6. The molecule has 4 rings (SSSR count). The number of ether oxygens (including phenoxy) is 2. The third-order valence-electron chi connectivity index (χ3n) is 4.82. The molecule has 0 bridgehead atoms. The number of fused-ring (bicyclic) bond motifs is 1. The summed E-state index contributed by atoms with van der Waals surface area (Å²) in [5.41, 5.74) is 4.79. The molecule has 0 spiro atoms. The van der Waals surface area contributed by atoms with Gasteiger partial charge in [-0.05, 0) is 67.1 Å². The Morgan fingerprint density at radius 3 is 2.43 bits per heavy atom. The Kier molecular flexibility index (Phi) is 5.33. The summed E-state index contributed by atoms with van der Waals surface area (Å²) in [5.74, 6) is 1.57. The van der Waals surface area contributed by atoms with E-state index in [1.807, 2.05) is 43.3 Å². The maximum Gasteiger partial charge on any atom is 0.255 e. The average Bonchev–Trinajstić information content (AvgIpc) is 3.16. The molecule has 3 aromatic carbocycles. The molecule has 0 aliphatic heterocycles. The predicted octanol–water partition coefficient (Wildman–Crippen LogP) is 5.46. The number of hydrogen-bond donors (Lipinski definition) is 2. The number of halogens is 1. The van der Waals surface area contributed by atoms with Crippen molar-refractivity contribution >= 4 is 34.2 Å². The Hall–Kier alpha value is -3.51. The highest BCUT2D eigenvalue weighted by atomic mass is 35.5. The van der Waals surface area contributed by atoms with Crippen molar-refractivity contribution in [2.75, 3.05) is 19.5 Å². The number of nitrogens with one attached hydrogen (secondary N) is 2. The maximum absolute atomic E-state index is 12.6. The third-order valence-corrected chi connectivity index (χ3v) is 5.23. The highest BCUT2D eigenvalue weighted by Gasteiger charge is 2.12. The normalized spacial score (nSPS) is 10.8. The van der Waals surface area contributed by atoms with E-state index in [1.165, 1.54) is 7.11 Å². The zero-order valence-corrected chi connectivity index (χ0v) is 17.5. The molecule has 0 saturated heterocycles. The van der Waals surface area contributed by atoms with Crippen LogP contribution in [0.4, 0.5) is 5.69 Å². The molecule has 4 aromatic rings. The number of methoxy groups -OCH3 is 2. The van der Waals surface area contributed by atoms with Crippen molar-refractivity contribution in [2.24, 2.45) is 0 Å². The van der Waals surface area contributed by atoms with Crippen LogP contribution >= 0.6 is 11.6 Å². The second kappa shape index (κ2) is 8.08. The number of aryl methyl sites for hydroxylation is 1. The van der Waals surface area contributed by atoms with Crippen LogP contribution in [0.15, 0.2) is 54.6 Å². The largest absolute Gasteiger partial charge is 0.493 e. The van der Waals surface area contributed by atoms with Crippen LogP contribution in [0.1, 0.15) is 15.9 Å². The van der Waals surface area contributed by atoms with Crippen LogP contribution in [0, 0.1) is 6.92 Å². The van der Waals surface area contributed by atoms with Crippen LogP contribution < -0.4 is 14.8 Å². The van der Waals surface area contributed by atoms with Crippen molar-refractivity contribution in [3.05, 3.63) is 70.7 Å². The highest BCUT2D eigenvalue weighted by molar-refractivity contribution is 6.32. The topological polar surface area (TPSA) is 76.2 Å². The van der Waals surface area contributed by atoms with Crippen molar-refractivity contribution in [3.8, 4) is 22.9 Å². The quantitative estimate of drug-likeness (QED) is 0.448. The predicted molar refractivity (Wildman–Crippen MR) is 119 cm³/mol. The molecule has 0 radical (unpaired) electrons. The first-order valence-electron chi connectivity index (χ1n) is 9.28. The van der Waals surface area contributed by atoms with Gasteiger partial charge in [0, 0.05) is 21.8 Å². The van der Waals surface area contributed by atoms with Gasteiger partial charge in [0.1, 0.15) is 5.82 Å². The van der Waals surface area contributed by atoms with E-state index in [2.05, 4.69) is 15.3 Å². The summed E-state index contributed by atoms with van der Waals surface area (Å²) >= 11 is 6.19. The zero-order chi connectivity index (χ0) is 21.3. The van der Waals surface area contributed by atoms with E-state index in [9.17, 15) is 4.79 Å². The molecule has 30 heavy (non-hydrogen) atoms. The Morgan fingerprint density at radius 2 is 1.73 bits per heavy atom. The zero-order valence-electron chi connectivity index (χ0n) is 16.7. The van der Waals surface area contributed by atoms with Gasteiger partial charge < -0.3 is 19.8 Å². The lowest BCUT2D eigenvalue weighted by Crippen LogP contribution is -2.12. The van der Waals surface area contributed by atoms with E-state index < -0.39 is 0 Å². The first kappa shape index (κ1) is 19.8. The van der Waals surface area contributed by atoms with E-state index in [0.717, 1.165) is 28.0 Å². The highest BCUT2D eigenvalue weighted by Crippen LogP contribution is 2.29. The van der Waals surface area contributed by atoms with Crippen LogP contribution in [-0.2, 0) is 0 Å². The standard InChI is InChI=1S/C23H20ClN3O3/c1-13-10-18-19(12-17(13)24)27-22(26-18)14-4-7-16(8-5-14)25-23(28)15-6-9-20(29-2)21(11-15)30-3/h4-12H,1-3H3,(H,25,28)(H,26,27).